The van der Waals surface area contributed by atoms with E-state index in [4.69, 9.17) is 11.6 Å². The first-order valence-electron chi connectivity index (χ1n) is 5.75. The molecule has 0 aliphatic rings. The minimum absolute atomic E-state index is 0.423. The summed E-state index contributed by atoms with van der Waals surface area (Å²) < 4.78 is 1.64. The van der Waals surface area contributed by atoms with Gasteiger partial charge in [0.05, 0.1) is 6.20 Å². The molecular weight excluding hydrogens is 266 g/mol. The third-order valence-corrected chi connectivity index (χ3v) is 3.35. The zero-order valence-corrected chi connectivity index (χ0v) is 11.2. The predicted octanol–water partition coefficient (Wildman–Crippen LogP) is 1.73. The first-order valence-corrected chi connectivity index (χ1v) is 6.13. The fourth-order valence-electron chi connectivity index (χ4n) is 1.84. The number of rotatable bonds is 3. The van der Waals surface area contributed by atoms with E-state index >= 15 is 0 Å². The zero-order valence-electron chi connectivity index (χ0n) is 10.5. The third-order valence-electron chi connectivity index (χ3n) is 2.98. The Hall–Kier alpha value is -2.15. The van der Waals surface area contributed by atoms with Crippen LogP contribution in [0.1, 0.15) is 16.8 Å². The third kappa shape index (κ3) is 2.01. The smallest absolute Gasteiger partial charge is 0.255 e. The quantitative estimate of drug-likeness (QED) is 0.712. The SMILES string of the molecule is Cc1[nH]ncc1CNc1c(C)c(Cl)nc2ncnn12. The van der Waals surface area contributed by atoms with Crippen LogP contribution in [0, 0.1) is 13.8 Å². The highest BCUT2D eigenvalue weighted by atomic mass is 35.5. The number of aromatic amines is 1. The summed E-state index contributed by atoms with van der Waals surface area (Å²) in [6.45, 7) is 4.49. The van der Waals surface area contributed by atoms with Gasteiger partial charge in [-0.1, -0.05) is 11.6 Å². The van der Waals surface area contributed by atoms with Crippen LogP contribution >= 0.6 is 11.6 Å². The van der Waals surface area contributed by atoms with E-state index in [-0.39, 0.29) is 0 Å². The van der Waals surface area contributed by atoms with E-state index in [1.54, 1.807) is 10.7 Å². The van der Waals surface area contributed by atoms with Crippen molar-refractivity contribution in [2.75, 3.05) is 5.32 Å². The van der Waals surface area contributed by atoms with Gasteiger partial charge in [0, 0.05) is 23.4 Å². The predicted molar refractivity (Wildman–Crippen MR) is 71.2 cm³/mol. The van der Waals surface area contributed by atoms with Gasteiger partial charge < -0.3 is 5.32 Å². The van der Waals surface area contributed by atoms with Crippen molar-refractivity contribution in [3.63, 3.8) is 0 Å². The lowest BCUT2D eigenvalue weighted by Crippen LogP contribution is -2.09. The molecule has 7 nitrogen and oxygen atoms in total. The fraction of sp³-hybridized carbons (Fsp3) is 0.273. The van der Waals surface area contributed by atoms with Crippen LogP contribution in [0.2, 0.25) is 5.15 Å². The number of halogens is 1. The van der Waals surface area contributed by atoms with Gasteiger partial charge in [-0.25, -0.2) is 0 Å². The van der Waals surface area contributed by atoms with Crippen molar-refractivity contribution in [2.45, 2.75) is 20.4 Å². The zero-order chi connectivity index (χ0) is 13.4. The van der Waals surface area contributed by atoms with E-state index in [1.807, 2.05) is 13.8 Å². The Morgan fingerprint density at radius 3 is 3.00 bits per heavy atom. The van der Waals surface area contributed by atoms with Gasteiger partial charge >= 0.3 is 0 Å². The molecule has 0 aromatic carbocycles. The topological polar surface area (TPSA) is 83.8 Å². The summed E-state index contributed by atoms with van der Waals surface area (Å²) in [4.78, 5) is 8.20. The Kier molecular flexibility index (Phi) is 2.83. The molecule has 0 radical (unpaired) electrons. The number of hydrogen-bond donors (Lipinski definition) is 2. The summed E-state index contributed by atoms with van der Waals surface area (Å²) in [6, 6.07) is 0. The van der Waals surface area contributed by atoms with E-state index < -0.39 is 0 Å². The van der Waals surface area contributed by atoms with Crippen molar-refractivity contribution in [1.82, 2.24) is 29.8 Å². The van der Waals surface area contributed by atoms with Crippen LogP contribution in [-0.2, 0) is 6.54 Å². The molecule has 0 aliphatic carbocycles. The van der Waals surface area contributed by atoms with Crippen LogP contribution in [-0.4, -0.2) is 29.8 Å². The van der Waals surface area contributed by atoms with Gasteiger partial charge in [-0.2, -0.15) is 24.7 Å². The minimum Gasteiger partial charge on any atom is -0.365 e. The van der Waals surface area contributed by atoms with E-state index in [2.05, 4.69) is 30.6 Å². The lowest BCUT2D eigenvalue weighted by Gasteiger charge is -2.11. The molecule has 0 amide bonds. The van der Waals surface area contributed by atoms with Crippen molar-refractivity contribution in [1.29, 1.82) is 0 Å². The molecule has 0 unspecified atom stereocenters. The molecule has 0 fully saturated rings. The normalized spacial score (nSPS) is 11.1. The van der Waals surface area contributed by atoms with E-state index in [1.165, 1.54) is 6.33 Å². The van der Waals surface area contributed by atoms with Crippen LogP contribution in [0.3, 0.4) is 0 Å². The van der Waals surface area contributed by atoms with E-state index in [9.17, 15) is 0 Å². The van der Waals surface area contributed by atoms with Gasteiger partial charge in [-0.15, -0.1) is 0 Å². The molecule has 0 atom stereocenters. The molecule has 2 N–H and O–H groups in total. The minimum atomic E-state index is 0.423. The van der Waals surface area contributed by atoms with Gasteiger partial charge in [0.2, 0.25) is 0 Å². The van der Waals surface area contributed by atoms with Gasteiger partial charge in [0.25, 0.3) is 5.78 Å². The molecule has 0 bridgehead atoms. The van der Waals surface area contributed by atoms with Gasteiger partial charge in [-0.05, 0) is 13.8 Å². The molecule has 3 aromatic heterocycles. The molecule has 8 heteroatoms. The summed E-state index contributed by atoms with van der Waals surface area (Å²) in [5.74, 6) is 1.26. The molecule has 0 spiro atoms. The van der Waals surface area contributed by atoms with Gasteiger partial charge in [-0.3, -0.25) is 5.10 Å². The highest BCUT2D eigenvalue weighted by Gasteiger charge is 2.12. The van der Waals surface area contributed by atoms with Crippen LogP contribution in [0.25, 0.3) is 5.78 Å². The second-order valence-electron chi connectivity index (χ2n) is 4.22. The lowest BCUT2D eigenvalue weighted by molar-refractivity contribution is 0.913. The largest absolute Gasteiger partial charge is 0.365 e. The van der Waals surface area contributed by atoms with Crippen LogP contribution in [0.4, 0.5) is 5.82 Å². The summed E-state index contributed by atoms with van der Waals surface area (Å²) in [6.07, 6.45) is 3.24. The second kappa shape index (κ2) is 4.51. The number of anilines is 1. The Morgan fingerprint density at radius 2 is 2.26 bits per heavy atom. The Bertz CT molecular complexity index is 730. The first-order chi connectivity index (χ1) is 9.16. The number of nitrogens with zero attached hydrogens (tertiary/aromatic N) is 5. The van der Waals surface area contributed by atoms with Crippen LogP contribution < -0.4 is 5.32 Å². The van der Waals surface area contributed by atoms with E-state index in [0.29, 0.717) is 17.5 Å². The molecule has 0 saturated heterocycles. The lowest BCUT2D eigenvalue weighted by atomic mass is 10.2. The maximum absolute atomic E-state index is 6.09. The van der Waals surface area contributed by atoms with Crippen molar-refractivity contribution in [3.05, 3.63) is 34.5 Å². The average Bonchev–Trinajstić information content (AvgIpc) is 2.99. The second-order valence-corrected chi connectivity index (χ2v) is 4.58. The number of H-pyrrole nitrogens is 1. The Labute approximate surface area is 114 Å². The Balaban J connectivity index is 1.98. The number of aryl methyl sites for hydroxylation is 1. The van der Waals surface area contributed by atoms with Crippen LogP contribution in [0.5, 0.6) is 0 Å². The highest BCUT2D eigenvalue weighted by molar-refractivity contribution is 6.30. The standard InChI is InChI=1S/C11H12ClN7/c1-6-9(12)17-11-14-5-16-19(11)10(6)13-3-8-4-15-18-7(8)2/h4-5,13H,3H2,1-2H3,(H,15,18). The Morgan fingerprint density at radius 1 is 1.42 bits per heavy atom. The molecule has 3 rings (SSSR count). The summed E-state index contributed by atoms with van der Waals surface area (Å²) >= 11 is 6.09. The number of fused-ring (bicyclic) bond motifs is 1. The molecule has 0 aliphatic heterocycles. The van der Waals surface area contributed by atoms with Gasteiger partial charge in [0.15, 0.2) is 0 Å². The molecule has 3 heterocycles. The maximum Gasteiger partial charge on any atom is 0.255 e. The number of hydrogen-bond acceptors (Lipinski definition) is 5. The first kappa shape index (κ1) is 11.9. The van der Waals surface area contributed by atoms with Crippen molar-refractivity contribution < 1.29 is 0 Å². The van der Waals surface area contributed by atoms with E-state index in [0.717, 1.165) is 22.6 Å². The van der Waals surface area contributed by atoms with Crippen molar-refractivity contribution in [2.24, 2.45) is 0 Å². The molecule has 3 aromatic rings. The average molecular weight is 278 g/mol. The number of aromatic nitrogens is 6. The fourth-order valence-corrected chi connectivity index (χ4v) is 2.00. The highest BCUT2D eigenvalue weighted by Crippen LogP contribution is 2.22. The molecule has 19 heavy (non-hydrogen) atoms. The van der Waals surface area contributed by atoms with Gasteiger partial charge in [0.1, 0.15) is 17.3 Å². The summed E-state index contributed by atoms with van der Waals surface area (Å²) in [5, 5.41) is 14.8. The molecular formula is C11H12ClN7. The maximum atomic E-state index is 6.09. The molecule has 98 valence electrons. The summed E-state index contributed by atoms with van der Waals surface area (Å²) in [5.41, 5.74) is 2.95. The molecule has 0 saturated carbocycles. The van der Waals surface area contributed by atoms with Crippen molar-refractivity contribution in [3.8, 4) is 0 Å². The number of nitrogens with one attached hydrogen (secondary N) is 2. The summed E-state index contributed by atoms with van der Waals surface area (Å²) in [7, 11) is 0. The monoisotopic (exact) mass is 277 g/mol. The van der Waals surface area contributed by atoms with Crippen molar-refractivity contribution >= 4 is 23.2 Å². The van der Waals surface area contributed by atoms with Crippen LogP contribution in [0.15, 0.2) is 12.5 Å².